The largest absolute Gasteiger partial charge is 0.497 e. The van der Waals surface area contributed by atoms with Crippen molar-refractivity contribution in [3.05, 3.63) is 94.0 Å². The van der Waals surface area contributed by atoms with Gasteiger partial charge in [-0.1, -0.05) is 53.5 Å². The molecule has 5 nitrogen and oxygen atoms in total. The van der Waals surface area contributed by atoms with Crippen molar-refractivity contribution in [2.45, 2.75) is 5.60 Å². The van der Waals surface area contributed by atoms with Crippen molar-refractivity contribution in [3.63, 3.8) is 0 Å². The summed E-state index contributed by atoms with van der Waals surface area (Å²) in [5.74, 6) is -0.0371. The summed E-state index contributed by atoms with van der Waals surface area (Å²) in [6.45, 7) is 0. The third-order valence-corrected chi connectivity index (χ3v) is 4.75. The van der Waals surface area contributed by atoms with Gasteiger partial charge in [0.15, 0.2) is 5.60 Å². The Morgan fingerprint density at radius 2 is 1.46 bits per heavy atom. The van der Waals surface area contributed by atoms with Gasteiger partial charge in [0.1, 0.15) is 5.75 Å². The molecule has 0 aliphatic carbocycles. The maximum Gasteiger partial charge on any atom is 0.279 e. The van der Waals surface area contributed by atoms with E-state index in [1.54, 1.807) is 79.9 Å². The second kappa shape index (κ2) is 8.52. The van der Waals surface area contributed by atoms with Crippen molar-refractivity contribution >= 4 is 34.8 Å². The van der Waals surface area contributed by atoms with Gasteiger partial charge >= 0.3 is 0 Å². The van der Waals surface area contributed by atoms with E-state index in [0.29, 0.717) is 32.6 Å². The Morgan fingerprint density at radius 1 is 0.929 bits per heavy atom. The Balaban J connectivity index is 1.92. The number of hydrogen-bond donors (Lipinski definition) is 3. The molecule has 0 spiro atoms. The van der Waals surface area contributed by atoms with Gasteiger partial charge in [0.05, 0.1) is 12.8 Å². The summed E-state index contributed by atoms with van der Waals surface area (Å²) in [4.78, 5) is 13.0. The molecule has 144 valence electrons. The van der Waals surface area contributed by atoms with E-state index in [0.717, 1.165) is 0 Å². The first-order chi connectivity index (χ1) is 13.4. The molecule has 0 bridgehead atoms. The lowest BCUT2D eigenvalue weighted by Crippen LogP contribution is -2.47. The van der Waals surface area contributed by atoms with Crippen LogP contribution in [0.3, 0.4) is 0 Å². The van der Waals surface area contributed by atoms with E-state index < -0.39 is 11.5 Å². The molecule has 0 aliphatic heterocycles. The maximum atomic E-state index is 13.0. The first-order valence-electron chi connectivity index (χ1n) is 8.38. The number of benzene rings is 3. The van der Waals surface area contributed by atoms with Crippen LogP contribution in [0.15, 0.2) is 72.8 Å². The highest BCUT2D eigenvalue weighted by molar-refractivity contribution is 6.30. The Hall–Kier alpha value is -2.73. The first kappa shape index (κ1) is 20.0. The minimum atomic E-state index is -1.96. The third-order valence-electron chi connectivity index (χ3n) is 4.24. The molecule has 0 aliphatic rings. The molecule has 0 atom stereocenters. The Kier molecular flexibility index (Phi) is 6.09. The SMILES string of the molecule is COc1cccc(NNC(=O)C(O)(c2ccc(Cl)cc2)c2ccc(Cl)cc2)c1. The molecule has 1 amide bonds. The number of nitrogens with one attached hydrogen (secondary N) is 2. The van der Waals surface area contributed by atoms with Crippen LogP contribution in [0.4, 0.5) is 5.69 Å². The van der Waals surface area contributed by atoms with E-state index in [-0.39, 0.29) is 0 Å². The molecule has 0 unspecified atom stereocenters. The predicted octanol–water partition coefficient (Wildman–Crippen LogP) is 4.38. The van der Waals surface area contributed by atoms with Gasteiger partial charge in [0.2, 0.25) is 0 Å². The van der Waals surface area contributed by atoms with Gasteiger partial charge in [-0.15, -0.1) is 0 Å². The van der Waals surface area contributed by atoms with Crippen molar-refractivity contribution in [1.82, 2.24) is 5.43 Å². The van der Waals surface area contributed by atoms with Crippen molar-refractivity contribution in [2.75, 3.05) is 12.5 Å². The topological polar surface area (TPSA) is 70.6 Å². The van der Waals surface area contributed by atoms with E-state index in [4.69, 9.17) is 27.9 Å². The predicted molar refractivity (Wildman–Crippen MR) is 111 cm³/mol. The number of carbonyl (C=O) groups excluding carboxylic acids is 1. The molecule has 28 heavy (non-hydrogen) atoms. The third kappa shape index (κ3) is 4.22. The number of carbonyl (C=O) groups is 1. The minimum Gasteiger partial charge on any atom is -0.497 e. The van der Waals surface area contributed by atoms with Gasteiger partial charge in [0, 0.05) is 16.1 Å². The van der Waals surface area contributed by atoms with Crippen LogP contribution in [-0.4, -0.2) is 18.1 Å². The van der Waals surface area contributed by atoms with E-state index in [1.165, 1.54) is 0 Å². The standard InChI is InChI=1S/C21H18Cl2N2O3/c1-28-19-4-2-3-18(13-19)24-25-20(26)21(27,14-5-9-16(22)10-6-14)15-7-11-17(23)12-8-15/h2-13,24,27H,1H3,(H,25,26). The Morgan fingerprint density at radius 3 is 1.96 bits per heavy atom. The highest BCUT2D eigenvalue weighted by atomic mass is 35.5. The number of anilines is 1. The van der Waals surface area contributed by atoms with Gasteiger partial charge in [-0.3, -0.25) is 15.6 Å². The van der Waals surface area contributed by atoms with E-state index in [1.807, 2.05) is 0 Å². The Labute approximate surface area is 172 Å². The highest BCUT2D eigenvalue weighted by Crippen LogP contribution is 2.32. The molecule has 0 saturated heterocycles. The highest BCUT2D eigenvalue weighted by Gasteiger charge is 2.40. The van der Waals surface area contributed by atoms with Crippen molar-refractivity contribution in [1.29, 1.82) is 0 Å². The number of methoxy groups -OCH3 is 1. The summed E-state index contributed by atoms with van der Waals surface area (Å²) < 4.78 is 5.16. The second-order valence-corrected chi connectivity index (χ2v) is 6.91. The van der Waals surface area contributed by atoms with Gasteiger partial charge in [-0.05, 0) is 47.5 Å². The summed E-state index contributed by atoms with van der Waals surface area (Å²) in [7, 11) is 1.55. The molecule has 0 saturated carbocycles. The van der Waals surface area contributed by atoms with Crippen molar-refractivity contribution in [2.24, 2.45) is 0 Å². The van der Waals surface area contributed by atoms with Crippen LogP contribution in [0.25, 0.3) is 0 Å². The average Bonchev–Trinajstić information content (AvgIpc) is 2.72. The molecule has 3 N–H and O–H groups in total. The summed E-state index contributed by atoms with van der Waals surface area (Å²) >= 11 is 11.9. The number of ether oxygens (including phenoxy) is 1. The molecule has 0 radical (unpaired) electrons. The number of amides is 1. The average molecular weight is 417 g/mol. The molecular formula is C21H18Cl2N2O3. The van der Waals surface area contributed by atoms with Crippen LogP contribution in [0, 0.1) is 0 Å². The summed E-state index contributed by atoms with van der Waals surface area (Å²) in [6.07, 6.45) is 0. The number of hydrogen-bond acceptors (Lipinski definition) is 4. The zero-order valence-electron chi connectivity index (χ0n) is 14.9. The molecule has 3 aromatic carbocycles. The fourth-order valence-electron chi connectivity index (χ4n) is 2.73. The van der Waals surface area contributed by atoms with Crippen LogP contribution < -0.4 is 15.6 Å². The van der Waals surface area contributed by atoms with E-state index in [9.17, 15) is 9.90 Å². The zero-order chi connectivity index (χ0) is 20.1. The number of hydrazine groups is 1. The summed E-state index contributed by atoms with van der Waals surface area (Å²) in [5, 5.41) is 12.4. The second-order valence-electron chi connectivity index (χ2n) is 6.04. The molecule has 0 heterocycles. The van der Waals surface area contributed by atoms with Crippen LogP contribution in [0.1, 0.15) is 11.1 Å². The lowest BCUT2D eigenvalue weighted by Gasteiger charge is -2.28. The van der Waals surface area contributed by atoms with Crippen LogP contribution in [-0.2, 0) is 10.4 Å². The van der Waals surface area contributed by atoms with Crippen molar-refractivity contribution < 1.29 is 14.6 Å². The molecule has 0 fully saturated rings. The summed E-state index contributed by atoms with van der Waals surface area (Å²) in [6, 6.07) is 19.9. The molecule has 7 heteroatoms. The smallest absolute Gasteiger partial charge is 0.279 e. The van der Waals surface area contributed by atoms with Crippen LogP contribution in [0.2, 0.25) is 10.0 Å². The quantitative estimate of drug-likeness (QED) is 0.521. The maximum absolute atomic E-state index is 13.0. The van der Waals surface area contributed by atoms with E-state index >= 15 is 0 Å². The van der Waals surface area contributed by atoms with Gasteiger partial charge < -0.3 is 9.84 Å². The van der Waals surface area contributed by atoms with Gasteiger partial charge in [-0.25, -0.2) is 0 Å². The molecule has 3 rings (SSSR count). The number of aliphatic hydroxyl groups is 1. The fourth-order valence-corrected chi connectivity index (χ4v) is 2.98. The number of halogens is 2. The fraction of sp³-hybridized carbons (Fsp3) is 0.0952. The van der Waals surface area contributed by atoms with Gasteiger partial charge in [0.25, 0.3) is 5.91 Å². The lowest BCUT2D eigenvalue weighted by atomic mass is 9.85. The molecular weight excluding hydrogens is 399 g/mol. The summed E-state index contributed by atoms with van der Waals surface area (Å²) in [5.41, 5.74) is 4.72. The lowest BCUT2D eigenvalue weighted by molar-refractivity contribution is -0.136. The minimum absolute atomic E-state index is 0.365. The number of rotatable bonds is 6. The monoisotopic (exact) mass is 416 g/mol. The Bertz CT molecular complexity index is 915. The van der Waals surface area contributed by atoms with Crippen LogP contribution in [0.5, 0.6) is 5.75 Å². The van der Waals surface area contributed by atoms with Crippen molar-refractivity contribution in [3.8, 4) is 5.75 Å². The normalized spacial score (nSPS) is 11.0. The van der Waals surface area contributed by atoms with E-state index in [2.05, 4.69) is 10.9 Å². The zero-order valence-corrected chi connectivity index (χ0v) is 16.5. The molecule has 3 aromatic rings. The molecule has 0 aromatic heterocycles. The van der Waals surface area contributed by atoms with Gasteiger partial charge in [-0.2, -0.15) is 0 Å². The van der Waals surface area contributed by atoms with Crippen LogP contribution >= 0.6 is 23.2 Å². The first-order valence-corrected chi connectivity index (χ1v) is 9.14.